The zero-order valence-electron chi connectivity index (χ0n) is 15.1. The maximum atomic E-state index is 12.4. The third-order valence-corrected chi connectivity index (χ3v) is 4.35. The number of methoxy groups -OCH3 is 1. The van der Waals surface area contributed by atoms with Gasteiger partial charge in [0.25, 0.3) is 5.91 Å². The lowest BCUT2D eigenvalue weighted by Crippen LogP contribution is -2.27. The van der Waals surface area contributed by atoms with Crippen molar-refractivity contribution in [2.75, 3.05) is 25.6 Å². The van der Waals surface area contributed by atoms with Crippen LogP contribution in [0.2, 0.25) is 15.1 Å². The molecule has 28 heavy (non-hydrogen) atoms. The van der Waals surface area contributed by atoms with Crippen LogP contribution in [-0.2, 0) is 14.3 Å². The fourth-order valence-electron chi connectivity index (χ4n) is 2.13. The smallest absolute Gasteiger partial charge is 0.347 e. The summed E-state index contributed by atoms with van der Waals surface area (Å²) in [7, 11) is 1.51. The van der Waals surface area contributed by atoms with Gasteiger partial charge in [-0.1, -0.05) is 34.8 Å². The Morgan fingerprint density at radius 1 is 1.04 bits per heavy atom. The van der Waals surface area contributed by atoms with Gasteiger partial charge in [-0.15, -0.1) is 0 Å². The highest BCUT2D eigenvalue weighted by Gasteiger charge is 2.17. The molecule has 0 aromatic heterocycles. The number of hydrogen-bond acceptors (Lipinski definition) is 5. The number of benzene rings is 2. The average molecular weight is 447 g/mol. The predicted octanol–water partition coefficient (Wildman–Crippen LogP) is 4.86. The highest BCUT2D eigenvalue weighted by atomic mass is 35.5. The standard InChI is InChI=1S/C19H18Cl3NO5/c1-11(19(25)27-8-7-26-2)28-14-5-3-12(4-6-14)18(24)23-17-15(21)9-13(20)10-16(17)22/h3-6,9-11H,7-8H2,1-2H3,(H,23,24). The molecule has 0 saturated heterocycles. The van der Waals surface area contributed by atoms with Crippen LogP contribution in [0.25, 0.3) is 0 Å². The molecule has 0 spiro atoms. The molecule has 9 heteroatoms. The van der Waals surface area contributed by atoms with Crippen molar-refractivity contribution in [1.29, 1.82) is 0 Å². The first-order valence-corrected chi connectivity index (χ1v) is 9.33. The second-order valence-corrected chi connectivity index (χ2v) is 6.89. The zero-order chi connectivity index (χ0) is 20.7. The SMILES string of the molecule is COCCOC(=O)C(C)Oc1ccc(C(=O)Nc2c(Cl)cc(Cl)cc2Cl)cc1. The lowest BCUT2D eigenvalue weighted by atomic mass is 10.2. The van der Waals surface area contributed by atoms with E-state index in [1.807, 2.05) is 0 Å². The number of esters is 1. The van der Waals surface area contributed by atoms with Crippen molar-refractivity contribution >= 4 is 52.4 Å². The minimum absolute atomic E-state index is 0.151. The summed E-state index contributed by atoms with van der Waals surface area (Å²) >= 11 is 18.0. The minimum atomic E-state index is -0.803. The van der Waals surface area contributed by atoms with Crippen molar-refractivity contribution in [2.45, 2.75) is 13.0 Å². The Morgan fingerprint density at radius 3 is 2.21 bits per heavy atom. The highest BCUT2D eigenvalue weighted by molar-refractivity contribution is 6.42. The van der Waals surface area contributed by atoms with Crippen LogP contribution in [0.4, 0.5) is 5.69 Å². The largest absolute Gasteiger partial charge is 0.479 e. The van der Waals surface area contributed by atoms with Gasteiger partial charge in [0.1, 0.15) is 12.4 Å². The summed E-state index contributed by atoms with van der Waals surface area (Å²) in [5.74, 6) is -0.508. The Labute approximate surface area is 177 Å². The minimum Gasteiger partial charge on any atom is -0.479 e. The lowest BCUT2D eigenvalue weighted by molar-refractivity contribution is -0.152. The predicted molar refractivity (Wildman–Crippen MR) is 109 cm³/mol. The summed E-state index contributed by atoms with van der Waals surface area (Å²) in [5.41, 5.74) is 0.621. The van der Waals surface area contributed by atoms with E-state index in [9.17, 15) is 9.59 Å². The van der Waals surface area contributed by atoms with Crippen molar-refractivity contribution < 1.29 is 23.8 Å². The second kappa shape index (κ2) is 10.5. The van der Waals surface area contributed by atoms with Gasteiger partial charge in [-0.05, 0) is 43.3 Å². The van der Waals surface area contributed by atoms with E-state index in [-0.39, 0.29) is 22.3 Å². The van der Waals surface area contributed by atoms with Gasteiger partial charge in [0.2, 0.25) is 0 Å². The number of anilines is 1. The molecule has 0 heterocycles. The van der Waals surface area contributed by atoms with E-state index >= 15 is 0 Å². The van der Waals surface area contributed by atoms with E-state index in [4.69, 9.17) is 49.0 Å². The molecule has 0 aliphatic rings. The van der Waals surface area contributed by atoms with Crippen LogP contribution in [0.15, 0.2) is 36.4 Å². The van der Waals surface area contributed by atoms with Gasteiger partial charge in [-0.3, -0.25) is 4.79 Å². The van der Waals surface area contributed by atoms with Crippen molar-refractivity contribution in [2.24, 2.45) is 0 Å². The van der Waals surface area contributed by atoms with Crippen LogP contribution >= 0.6 is 34.8 Å². The van der Waals surface area contributed by atoms with Crippen LogP contribution in [0.1, 0.15) is 17.3 Å². The van der Waals surface area contributed by atoms with Gasteiger partial charge in [-0.25, -0.2) is 4.79 Å². The fraction of sp³-hybridized carbons (Fsp3) is 0.263. The molecule has 0 saturated carbocycles. The molecule has 6 nitrogen and oxygen atoms in total. The lowest BCUT2D eigenvalue weighted by Gasteiger charge is -2.14. The van der Waals surface area contributed by atoms with Crippen molar-refractivity contribution in [3.63, 3.8) is 0 Å². The first kappa shape index (κ1) is 22.3. The molecule has 0 aliphatic carbocycles. The number of rotatable bonds is 8. The maximum absolute atomic E-state index is 12.4. The summed E-state index contributed by atoms with van der Waals surface area (Å²) in [5, 5.41) is 3.46. The third kappa shape index (κ3) is 6.27. The second-order valence-electron chi connectivity index (χ2n) is 5.64. The monoisotopic (exact) mass is 445 g/mol. The van der Waals surface area contributed by atoms with Crippen molar-refractivity contribution in [3.8, 4) is 5.75 Å². The fourth-order valence-corrected chi connectivity index (χ4v) is 3.04. The Balaban J connectivity index is 1.98. The Kier molecular flexibility index (Phi) is 8.38. The van der Waals surface area contributed by atoms with Gasteiger partial charge >= 0.3 is 5.97 Å². The molecule has 2 aromatic carbocycles. The maximum Gasteiger partial charge on any atom is 0.347 e. The summed E-state index contributed by atoms with van der Waals surface area (Å²) in [4.78, 5) is 24.2. The third-order valence-electron chi connectivity index (χ3n) is 3.54. The first-order chi connectivity index (χ1) is 13.3. The molecule has 150 valence electrons. The normalized spacial score (nSPS) is 11.6. The molecular formula is C19H18Cl3NO5. The van der Waals surface area contributed by atoms with E-state index in [2.05, 4.69) is 5.32 Å². The van der Waals surface area contributed by atoms with Gasteiger partial charge < -0.3 is 19.5 Å². The molecule has 1 atom stereocenters. The van der Waals surface area contributed by atoms with Crippen LogP contribution in [0.5, 0.6) is 5.75 Å². The number of hydrogen-bond donors (Lipinski definition) is 1. The molecule has 2 aromatic rings. The molecule has 1 unspecified atom stereocenters. The molecule has 1 amide bonds. The van der Waals surface area contributed by atoms with E-state index in [1.54, 1.807) is 31.2 Å². The number of ether oxygens (including phenoxy) is 3. The Morgan fingerprint density at radius 2 is 1.64 bits per heavy atom. The Hall–Kier alpha value is -1.99. The van der Waals surface area contributed by atoms with Crippen LogP contribution < -0.4 is 10.1 Å². The van der Waals surface area contributed by atoms with Crippen LogP contribution in [-0.4, -0.2) is 38.3 Å². The van der Waals surface area contributed by atoms with E-state index < -0.39 is 18.0 Å². The van der Waals surface area contributed by atoms with E-state index in [1.165, 1.54) is 19.2 Å². The summed E-state index contributed by atoms with van der Waals surface area (Å²) in [6, 6.07) is 9.19. The molecular weight excluding hydrogens is 429 g/mol. The van der Waals surface area contributed by atoms with Crippen molar-refractivity contribution in [1.82, 2.24) is 0 Å². The highest BCUT2D eigenvalue weighted by Crippen LogP contribution is 2.34. The molecule has 2 rings (SSSR count). The molecule has 0 radical (unpaired) electrons. The average Bonchev–Trinajstić information content (AvgIpc) is 2.65. The number of halogens is 3. The van der Waals surface area contributed by atoms with Gasteiger partial charge in [-0.2, -0.15) is 0 Å². The van der Waals surface area contributed by atoms with E-state index in [0.717, 1.165) is 0 Å². The van der Waals surface area contributed by atoms with Gasteiger partial charge in [0.15, 0.2) is 6.10 Å². The molecule has 1 N–H and O–H groups in total. The molecule has 0 aliphatic heterocycles. The quantitative estimate of drug-likeness (QED) is 0.463. The van der Waals surface area contributed by atoms with E-state index in [0.29, 0.717) is 22.9 Å². The first-order valence-electron chi connectivity index (χ1n) is 8.20. The van der Waals surface area contributed by atoms with Crippen molar-refractivity contribution in [3.05, 3.63) is 57.0 Å². The van der Waals surface area contributed by atoms with Crippen LogP contribution in [0.3, 0.4) is 0 Å². The summed E-state index contributed by atoms with van der Waals surface area (Å²) in [6.07, 6.45) is -0.803. The van der Waals surface area contributed by atoms with Gasteiger partial charge in [0, 0.05) is 17.7 Å². The number of amides is 1. The topological polar surface area (TPSA) is 73.9 Å². The van der Waals surface area contributed by atoms with Crippen LogP contribution in [0, 0.1) is 0 Å². The summed E-state index contributed by atoms with van der Waals surface area (Å²) < 4.78 is 15.3. The summed E-state index contributed by atoms with van der Waals surface area (Å²) in [6.45, 7) is 2.03. The Bertz CT molecular complexity index is 819. The zero-order valence-corrected chi connectivity index (χ0v) is 17.4. The number of carbonyl (C=O) groups is 2. The molecule has 0 bridgehead atoms. The van der Waals surface area contributed by atoms with Gasteiger partial charge in [0.05, 0.1) is 22.3 Å². The molecule has 0 fully saturated rings. The number of carbonyl (C=O) groups excluding carboxylic acids is 2. The number of nitrogens with one attached hydrogen (secondary N) is 1.